The SMILES string of the molecule is Cc1nc(Cl)ncc1C#CCCBr. The molecule has 4 heteroatoms. The third-order valence-corrected chi connectivity index (χ3v) is 1.97. The molecule has 68 valence electrons. The van der Waals surface area contributed by atoms with Crippen molar-refractivity contribution in [2.75, 3.05) is 5.33 Å². The summed E-state index contributed by atoms with van der Waals surface area (Å²) in [4.78, 5) is 7.85. The lowest BCUT2D eigenvalue weighted by atomic mass is 10.2. The zero-order valence-electron chi connectivity index (χ0n) is 7.14. The van der Waals surface area contributed by atoms with Crippen molar-refractivity contribution in [3.8, 4) is 11.8 Å². The molecule has 1 aromatic heterocycles. The molecular formula is C9H8BrClN2. The van der Waals surface area contributed by atoms with E-state index in [2.05, 4.69) is 37.7 Å². The maximum atomic E-state index is 5.60. The van der Waals surface area contributed by atoms with Crippen LogP contribution in [0.15, 0.2) is 6.20 Å². The normalized spacial score (nSPS) is 9.15. The number of aryl methyl sites for hydroxylation is 1. The molecule has 1 heterocycles. The Morgan fingerprint density at radius 3 is 3.00 bits per heavy atom. The highest BCUT2D eigenvalue weighted by Gasteiger charge is 1.97. The maximum absolute atomic E-state index is 5.60. The topological polar surface area (TPSA) is 25.8 Å². The number of hydrogen-bond acceptors (Lipinski definition) is 2. The van der Waals surface area contributed by atoms with Gasteiger partial charge in [-0.15, -0.1) is 0 Å². The van der Waals surface area contributed by atoms with E-state index in [1.807, 2.05) is 6.92 Å². The molecule has 0 bridgehead atoms. The molecule has 0 aliphatic heterocycles. The first-order valence-corrected chi connectivity index (χ1v) is 5.28. The molecule has 2 nitrogen and oxygen atoms in total. The number of rotatable bonds is 1. The fourth-order valence-electron chi connectivity index (χ4n) is 0.766. The van der Waals surface area contributed by atoms with Crippen molar-refractivity contribution in [2.24, 2.45) is 0 Å². The van der Waals surface area contributed by atoms with Gasteiger partial charge in [0, 0.05) is 17.9 Å². The van der Waals surface area contributed by atoms with Gasteiger partial charge in [0.1, 0.15) is 0 Å². The average molecular weight is 260 g/mol. The van der Waals surface area contributed by atoms with E-state index in [9.17, 15) is 0 Å². The van der Waals surface area contributed by atoms with Crippen LogP contribution in [-0.2, 0) is 0 Å². The van der Waals surface area contributed by atoms with Gasteiger partial charge in [-0.1, -0.05) is 27.8 Å². The van der Waals surface area contributed by atoms with Gasteiger partial charge in [0.15, 0.2) is 0 Å². The van der Waals surface area contributed by atoms with Crippen LogP contribution in [0.25, 0.3) is 0 Å². The minimum absolute atomic E-state index is 0.267. The van der Waals surface area contributed by atoms with Gasteiger partial charge in [-0.05, 0) is 18.5 Å². The molecule has 0 aliphatic carbocycles. The Bertz CT molecular complexity index is 354. The zero-order valence-corrected chi connectivity index (χ0v) is 9.48. The summed E-state index contributed by atoms with van der Waals surface area (Å²) in [6.07, 6.45) is 2.47. The van der Waals surface area contributed by atoms with Crippen molar-refractivity contribution in [3.63, 3.8) is 0 Å². The quantitative estimate of drug-likeness (QED) is 0.440. The van der Waals surface area contributed by atoms with E-state index in [1.165, 1.54) is 0 Å². The lowest BCUT2D eigenvalue weighted by Crippen LogP contribution is -1.90. The van der Waals surface area contributed by atoms with E-state index in [1.54, 1.807) is 6.20 Å². The summed E-state index contributed by atoms with van der Waals surface area (Å²) in [7, 11) is 0. The van der Waals surface area contributed by atoms with Crippen LogP contribution >= 0.6 is 27.5 Å². The Labute approximate surface area is 90.9 Å². The van der Waals surface area contributed by atoms with Crippen molar-refractivity contribution in [1.29, 1.82) is 0 Å². The van der Waals surface area contributed by atoms with Crippen LogP contribution in [0.5, 0.6) is 0 Å². The molecule has 0 saturated carbocycles. The number of alkyl halides is 1. The molecule has 0 unspecified atom stereocenters. The molecule has 13 heavy (non-hydrogen) atoms. The lowest BCUT2D eigenvalue weighted by Gasteiger charge is -1.95. The molecule has 0 atom stereocenters. The van der Waals surface area contributed by atoms with Gasteiger partial charge >= 0.3 is 0 Å². The van der Waals surface area contributed by atoms with Crippen molar-refractivity contribution >= 4 is 27.5 Å². The summed E-state index contributed by atoms with van der Waals surface area (Å²) in [6, 6.07) is 0. The molecule has 1 aromatic rings. The molecule has 1 rings (SSSR count). The molecule has 0 aromatic carbocycles. The molecule has 0 saturated heterocycles. The highest BCUT2D eigenvalue weighted by molar-refractivity contribution is 9.09. The number of hydrogen-bond donors (Lipinski definition) is 0. The first kappa shape index (κ1) is 10.5. The molecule has 0 fully saturated rings. The van der Waals surface area contributed by atoms with Gasteiger partial charge in [-0.3, -0.25) is 0 Å². The Morgan fingerprint density at radius 2 is 2.38 bits per heavy atom. The monoisotopic (exact) mass is 258 g/mol. The Balaban J connectivity index is 2.85. The van der Waals surface area contributed by atoms with Crippen molar-refractivity contribution in [1.82, 2.24) is 9.97 Å². The molecule has 0 N–H and O–H groups in total. The van der Waals surface area contributed by atoms with Crippen LogP contribution in [0.2, 0.25) is 5.28 Å². The van der Waals surface area contributed by atoms with E-state index in [-0.39, 0.29) is 5.28 Å². The largest absolute Gasteiger partial charge is 0.225 e. The summed E-state index contributed by atoms with van der Waals surface area (Å²) in [5, 5.41) is 1.15. The van der Waals surface area contributed by atoms with Crippen LogP contribution < -0.4 is 0 Å². The van der Waals surface area contributed by atoms with Gasteiger partial charge in [-0.25, -0.2) is 9.97 Å². The molecular weight excluding hydrogens is 251 g/mol. The average Bonchev–Trinajstić information content (AvgIpc) is 2.09. The van der Waals surface area contributed by atoms with Crippen molar-refractivity contribution in [3.05, 3.63) is 22.7 Å². The fourth-order valence-corrected chi connectivity index (χ4v) is 1.14. The Morgan fingerprint density at radius 1 is 1.62 bits per heavy atom. The Kier molecular flexibility index (Phi) is 4.20. The molecule has 0 spiro atoms. The first-order chi connectivity index (χ1) is 6.24. The van der Waals surface area contributed by atoms with Crippen LogP contribution in [0, 0.1) is 18.8 Å². The van der Waals surface area contributed by atoms with E-state index in [0.29, 0.717) is 0 Å². The Hall–Kier alpha value is -0.590. The van der Waals surface area contributed by atoms with Gasteiger partial charge < -0.3 is 0 Å². The zero-order chi connectivity index (χ0) is 9.68. The first-order valence-electron chi connectivity index (χ1n) is 3.78. The minimum Gasteiger partial charge on any atom is -0.225 e. The molecule has 0 radical (unpaired) electrons. The van der Waals surface area contributed by atoms with E-state index < -0.39 is 0 Å². The maximum Gasteiger partial charge on any atom is 0.222 e. The number of halogens is 2. The van der Waals surface area contributed by atoms with Gasteiger partial charge in [0.2, 0.25) is 5.28 Å². The summed E-state index contributed by atoms with van der Waals surface area (Å²) in [6.45, 7) is 1.87. The summed E-state index contributed by atoms with van der Waals surface area (Å²) >= 11 is 8.90. The van der Waals surface area contributed by atoms with Gasteiger partial charge in [0.25, 0.3) is 0 Å². The van der Waals surface area contributed by atoms with Crippen LogP contribution in [0.1, 0.15) is 17.7 Å². The highest BCUT2D eigenvalue weighted by Crippen LogP contribution is 2.05. The predicted molar refractivity (Wildman–Crippen MR) is 57.1 cm³/mol. The van der Waals surface area contributed by atoms with Crippen molar-refractivity contribution < 1.29 is 0 Å². The second-order valence-corrected chi connectivity index (χ2v) is 3.51. The molecule has 0 aliphatic rings. The van der Waals surface area contributed by atoms with Gasteiger partial charge in [0.05, 0.1) is 11.3 Å². The third-order valence-electron chi connectivity index (χ3n) is 1.39. The molecule has 0 amide bonds. The standard InChI is InChI=1S/C9H8BrClN2/c1-7-8(4-2-3-5-10)6-12-9(11)13-7/h6H,3,5H2,1H3. The lowest BCUT2D eigenvalue weighted by molar-refractivity contribution is 1.09. The van der Waals surface area contributed by atoms with E-state index >= 15 is 0 Å². The van der Waals surface area contributed by atoms with Crippen LogP contribution in [0.4, 0.5) is 0 Å². The summed E-state index contributed by atoms with van der Waals surface area (Å²) in [5.41, 5.74) is 1.66. The highest BCUT2D eigenvalue weighted by atomic mass is 79.9. The van der Waals surface area contributed by atoms with Crippen molar-refractivity contribution in [2.45, 2.75) is 13.3 Å². The fraction of sp³-hybridized carbons (Fsp3) is 0.333. The third kappa shape index (κ3) is 3.33. The summed E-state index contributed by atoms with van der Waals surface area (Å²) in [5.74, 6) is 5.97. The van der Waals surface area contributed by atoms with Crippen LogP contribution in [0.3, 0.4) is 0 Å². The van der Waals surface area contributed by atoms with Crippen LogP contribution in [-0.4, -0.2) is 15.3 Å². The van der Waals surface area contributed by atoms with Gasteiger partial charge in [-0.2, -0.15) is 0 Å². The number of aromatic nitrogens is 2. The smallest absolute Gasteiger partial charge is 0.222 e. The number of nitrogens with zero attached hydrogens (tertiary/aromatic N) is 2. The minimum atomic E-state index is 0.267. The second kappa shape index (κ2) is 5.21. The summed E-state index contributed by atoms with van der Waals surface area (Å²) < 4.78 is 0. The predicted octanol–water partition coefficient (Wildman–Crippen LogP) is 2.57. The van der Waals surface area contributed by atoms with E-state index in [0.717, 1.165) is 23.0 Å². The van der Waals surface area contributed by atoms with E-state index in [4.69, 9.17) is 11.6 Å². The second-order valence-electron chi connectivity index (χ2n) is 2.38.